The average Bonchev–Trinajstić information content (AvgIpc) is 2.71. The van der Waals surface area contributed by atoms with Gasteiger partial charge in [0.05, 0.1) is 12.6 Å². The summed E-state index contributed by atoms with van der Waals surface area (Å²) in [5.41, 5.74) is 9.99. The number of nitrogens with one attached hydrogen (secondary N) is 1. The van der Waals surface area contributed by atoms with E-state index in [2.05, 4.69) is 47.3 Å². The molecular weight excluding hydrogens is 413 g/mol. The van der Waals surface area contributed by atoms with Crippen molar-refractivity contribution in [2.24, 2.45) is 0 Å². The maximum Gasteiger partial charge on any atom is 0.490 e. The molecule has 0 fully saturated rings. The molecule has 0 saturated carbocycles. The van der Waals surface area contributed by atoms with Gasteiger partial charge < -0.3 is 20.9 Å². The number of fused-ring (bicyclic) bond motifs is 1. The van der Waals surface area contributed by atoms with Crippen LogP contribution in [0.5, 0.6) is 5.75 Å². The number of carboxylic acids is 1. The third kappa shape index (κ3) is 5.74. The molecule has 1 aromatic heterocycles. The number of carbonyl (C=O) groups is 1. The van der Waals surface area contributed by atoms with E-state index in [9.17, 15) is 13.2 Å². The summed E-state index contributed by atoms with van der Waals surface area (Å²) in [4.78, 5) is 17.5. The Morgan fingerprint density at radius 3 is 2.32 bits per heavy atom. The number of anilines is 2. The normalized spacial score (nSPS) is 11.1. The molecule has 31 heavy (non-hydrogen) atoms. The molecule has 4 N–H and O–H groups in total. The first-order valence-electron chi connectivity index (χ1n) is 9.21. The van der Waals surface area contributed by atoms with Crippen LogP contribution in [0.4, 0.5) is 24.9 Å². The van der Waals surface area contributed by atoms with Gasteiger partial charge in [-0.3, -0.25) is 0 Å². The van der Waals surface area contributed by atoms with Crippen LogP contribution in [0, 0.1) is 0 Å². The van der Waals surface area contributed by atoms with Gasteiger partial charge in [0, 0.05) is 18.0 Å². The molecule has 0 atom stereocenters. The molecule has 0 unspecified atom stereocenters. The highest BCUT2D eigenvalue weighted by Crippen LogP contribution is 2.35. The summed E-state index contributed by atoms with van der Waals surface area (Å²) in [5, 5.41) is 11.1. The Hall–Kier alpha value is -3.56. The second-order valence-corrected chi connectivity index (χ2v) is 6.83. The van der Waals surface area contributed by atoms with Gasteiger partial charge >= 0.3 is 12.1 Å². The number of hydrogen-bond acceptors (Lipinski definition) is 6. The van der Waals surface area contributed by atoms with Crippen LogP contribution in [-0.2, 0) is 4.79 Å². The zero-order valence-electron chi connectivity index (χ0n) is 17.4. The SMILES string of the molecule is CNc1nc(N)nc2cc(-c3cc(C(C)C)ccc3OC)ccc12.O=C(O)C(F)(F)F. The van der Waals surface area contributed by atoms with Gasteiger partial charge in [0.1, 0.15) is 11.6 Å². The smallest absolute Gasteiger partial charge is 0.490 e. The monoisotopic (exact) mass is 436 g/mol. The molecule has 0 bridgehead atoms. The Morgan fingerprint density at radius 2 is 1.81 bits per heavy atom. The van der Waals surface area contributed by atoms with Gasteiger partial charge in [-0.25, -0.2) is 9.78 Å². The molecule has 1 heterocycles. The minimum Gasteiger partial charge on any atom is -0.496 e. The van der Waals surface area contributed by atoms with Crippen LogP contribution < -0.4 is 15.8 Å². The van der Waals surface area contributed by atoms with Crippen LogP contribution in [0.1, 0.15) is 25.3 Å². The quantitative estimate of drug-likeness (QED) is 0.544. The van der Waals surface area contributed by atoms with Crippen molar-refractivity contribution in [3.05, 3.63) is 42.0 Å². The molecule has 0 aliphatic rings. The number of nitrogens with zero attached hydrogens (tertiary/aromatic N) is 2. The fourth-order valence-electron chi connectivity index (χ4n) is 2.82. The Morgan fingerprint density at radius 1 is 1.16 bits per heavy atom. The average molecular weight is 436 g/mol. The molecule has 0 aliphatic heterocycles. The lowest BCUT2D eigenvalue weighted by molar-refractivity contribution is -0.192. The van der Waals surface area contributed by atoms with Crippen LogP contribution in [0.15, 0.2) is 36.4 Å². The predicted molar refractivity (Wildman–Crippen MR) is 113 cm³/mol. The standard InChI is InChI=1S/C19H22N4O.C2HF3O2/c1-11(2)12-6-8-17(24-4)15(9-12)13-5-7-14-16(10-13)22-19(20)23-18(14)21-3;3-2(4,5)1(6)7/h5-11H,1-4H3,(H3,20,21,22,23);(H,6,7). The van der Waals surface area contributed by atoms with E-state index in [0.29, 0.717) is 5.92 Å². The summed E-state index contributed by atoms with van der Waals surface area (Å²) >= 11 is 0. The zero-order chi connectivity index (χ0) is 23.3. The topological polar surface area (TPSA) is 110 Å². The minimum absolute atomic E-state index is 0.256. The second-order valence-electron chi connectivity index (χ2n) is 6.83. The zero-order valence-corrected chi connectivity index (χ0v) is 17.4. The van der Waals surface area contributed by atoms with Crippen molar-refractivity contribution in [1.29, 1.82) is 0 Å². The number of halogens is 3. The van der Waals surface area contributed by atoms with Gasteiger partial charge in [0.25, 0.3) is 0 Å². The van der Waals surface area contributed by atoms with Crippen LogP contribution in [0.2, 0.25) is 0 Å². The minimum atomic E-state index is -5.08. The summed E-state index contributed by atoms with van der Waals surface area (Å²) in [5.74, 6) is -0.482. The highest BCUT2D eigenvalue weighted by atomic mass is 19.4. The van der Waals surface area contributed by atoms with E-state index in [1.165, 1.54) is 5.56 Å². The highest BCUT2D eigenvalue weighted by Gasteiger charge is 2.38. The number of alkyl halides is 3. The molecular formula is C21H23F3N4O3. The van der Waals surface area contributed by atoms with E-state index in [4.69, 9.17) is 20.4 Å². The first-order chi connectivity index (χ1) is 14.5. The van der Waals surface area contributed by atoms with Gasteiger partial charge in [-0.2, -0.15) is 18.2 Å². The Bertz CT molecular complexity index is 1090. The molecule has 0 amide bonds. The van der Waals surface area contributed by atoms with Crippen molar-refractivity contribution in [1.82, 2.24) is 9.97 Å². The number of rotatable bonds is 4. The van der Waals surface area contributed by atoms with E-state index in [-0.39, 0.29) is 5.95 Å². The maximum absolute atomic E-state index is 10.6. The second kappa shape index (κ2) is 9.50. The van der Waals surface area contributed by atoms with E-state index < -0.39 is 12.1 Å². The van der Waals surface area contributed by atoms with Crippen molar-refractivity contribution < 1.29 is 27.8 Å². The summed E-state index contributed by atoms with van der Waals surface area (Å²) in [7, 11) is 3.51. The molecule has 0 saturated heterocycles. The van der Waals surface area contributed by atoms with E-state index in [0.717, 1.165) is 33.6 Å². The molecule has 166 valence electrons. The lowest BCUT2D eigenvalue weighted by atomic mass is 9.96. The molecule has 7 nitrogen and oxygen atoms in total. The van der Waals surface area contributed by atoms with Gasteiger partial charge in [-0.1, -0.05) is 26.0 Å². The number of benzene rings is 2. The Balaban J connectivity index is 0.000000423. The Kier molecular flexibility index (Phi) is 7.27. The molecule has 0 radical (unpaired) electrons. The number of nitrogen functional groups attached to an aromatic ring is 1. The molecule has 3 aromatic rings. The fourth-order valence-corrected chi connectivity index (χ4v) is 2.82. The van der Waals surface area contributed by atoms with E-state index in [1.54, 1.807) is 7.11 Å². The van der Waals surface area contributed by atoms with Gasteiger partial charge in [-0.15, -0.1) is 0 Å². The summed E-state index contributed by atoms with van der Waals surface area (Å²) < 4.78 is 37.3. The van der Waals surface area contributed by atoms with E-state index >= 15 is 0 Å². The molecule has 3 rings (SSSR count). The van der Waals surface area contributed by atoms with Crippen LogP contribution >= 0.6 is 0 Å². The molecule has 0 aliphatic carbocycles. The number of aromatic nitrogens is 2. The molecule has 2 aromatic carbocycles. The summed E-state index contributed by atoms with van der Waals surface area (Å²) in [6.45, 7) is 4.36. The number of hydrogen-bond donors (Lipinski definition) is 3. The van der Waals surface area contributed by atoms with E-state index in [1.807, 2.05) is 25.2 Å². The third-order valence-corrected chi connectivity index (χ3v) is 4.39. The number of carboxylic acid groups (broad SMARTS) is 1. The molecule has 10 heteroatoms. The first kappa shape index (κ1) is 23.7. The summed E-state index contributed by atoms with van der Waals surface area (Å²) in [6, 6.07) is 12.4. The highest BCUT2D eigenvalue weighted by molar-refractivity contribution is 5.93. The number of aliphatic carboxylic acids is 1. The first-order valence-corrected chi connectivity index (χ1v) is 9.21. The third-order valence-electron chi connectivity index (χ3n) is 4.39. The van der Waals surface area contributed by atoms with Crippen molar-refractivity contribution in [3.63, 3.8) is 0 Å². The predicted octanol–water partition coefficient (Wildman–Crippen LogP) is 4.69. The number of methoxy groups -OCH3 is 1. The summed E-state index contributed by atoms with van der Waals surface area (Å²) in [6.07, 6.45) is -5.08. The largest absolute Gasteiger partial charge is 0.496 e. The fraction of sp³-hybridized carbons (Fsp3) is 0.286. The van der Waals surface area contributed by atoms with Crippen LogP contribution in [-0.4, -0.2) is 41.4 Å². The number of nitrogens with two attached hydrogens (primary N) is 1. The van der Waals surface area contributed by atoms with Crippen LogP contribution in [0.3, 0.4) is 0 Å². The maximum atomic E-state index is 10.6. The van der Waals surface area contributed by atoms with Gasteiger partial charge in [0.15, 0.2) is 0 Å². The Labute approximate surface area is 177 Å². The van der Waals surface area contributed by atoms with Crippen molar-refractivity contribution >= 4 is 28.6 Å². The van der Waals surface area contributed by atoms with Crippen molar-refractivity contribution in [3.8, 4) is 16.9 Å². The van der Waals surface area contributed by atoms with Crippen molar-refractivity contribution in [2.75, 3.05) is 25.2 Å². The van der Waals surface area contributed by atoms with Crippen LogP contribution in [0.25, 0.3) is 22.0 Å². The van der Waals surface area contributed by atoms with Gasteiger partial charge in [0.2, 0.25) is 5.95 Å². The molecule has 0 spiro atoms. The lowest BCUT2D eigenvalue weighted by Gasteiger charge is -2.14. The van der Waals surface area contributed by atoms with Gasteiger partial charge in [-0.05, 0) is 41.3 Å². The lowest BCUT2D eigenvalue weighted by Crippen LogP contribution is -2.21. The van der Waals surface area contributed by atoms with Crippen molar-refractivity contribution in [2.45, 2.75) is 25.9 Å². The number of ether oxygens (including phenoxy) is 1.